The molecular formula is C28H38N4O3. The third kappa shape index (κ3) is 5.39. The Hall–Kier alpha value is -3.22. The first kappa shape index (κ1) is 24.9. The summed E-state index contributed by atoms with van der Waals surface area (Å²) in [4.78, 5) is 31.1. The maximum atomic E-state index is 12.6. The minimum Gasteiger partial charge on any atom is -0.444 e. The number of benzene rings is 2. The highest BCUT2D eigenvalue weighted by atomic mass is 16.6. The lowest BCUT2D eigenvalue weighted by atomic mass is 9.82. The number of carbonyl (C=O) groups excluding carboxylic acids is 2. The van der Waals surface area contributed by atoms with E-state index in [2.05, 4.69) is 54.4 Å². The second-order valence-electron chi connectivity index (χ2n) is 10.7. The second-order valence-corrected chi connectivity index (χ2v) is 10.7. The van der Waals surface area contributed by atoms with Crippen LogP contribution in [0.4, 0.5) is 21.9 Å². The molecular weight excluding hydrogens is 440 g/mol. The van der Waals surface area contributed by atoms with Gasteiger partial charge in [0, 0.05) is 67.7 Å². The lowest BCUT2D eigenvalue weighted by Crippen LogP contribution is -2.50. The van der Waals surface area contributed by atoms with Crippen LogP contribution in [-0.2, 0) is 9.53 Å². The van der Waals surface area contributed by atoms with Gasteiger partial charge < -0.3 is 24.8 Å². The summed E-state index contributed by atoms with van der Waals surface area (Å²) in [5.74, 6) is 0.272. The first-order valence-corrected chi connectivity index (χ1v) is 12.5. The predicted octanol–water partition coefficient (Wildman–Crippen LogP) is 5.29. The highest BCUT2D eigenvalue weighted by Gasteiger charge is 2.38. The molecule has 7 nitrogen and oxygen atoms in total. The Bertz CT molecular complexity index is 1060. The van der Waals surface area contributed by atoms with Gasteiger partial charge in [-0.25, -0.2) is 4.79 Å². The molecule has 1 saturated heterocycles. The number of hydrogen-bond donors (Lipinski definition) is 1. The standard InChI is InChI=1S/C28H38N4O3/c1-19-20(2)32(21(3)33)25-13-12-23(18-24(25)26(19)29-22-10-8-7-9-11-22)30-14-16-31(17-15-30)27(34)35-28(4,5)6/h7-13,18-20,26,29H,14-17H2,1-6H3. The van der Waals surface area contributed by atoms with E-state index < -0.39 is 5.60 Å². The van der Waals surface area contributed by atoms with Crippen LogP contribution in [0.2, 0.25) is 0 Å². The highest BCUT2D eigenvalue weighted by Crippen LogP contribution is 2.44. The van der Waals surface area contributed by atoms with Gasteiger partial charge in [-0.3, -0.25) is 4.79 Å². The van der Waals surface area contributed by atoms with Crippen LogP contribution >= 0.6 is 0 Å². The predicted molar refractivity (Wildman–Crippen MR) is 141 cm³/mol. The summed E-state index contributed by atoms with van der Waals surface area (Å²) in [7, 11) is 0. The molecule has 1 fully saturated rings. The number of anilines is 3. The topological polar surface area (TPSA) is 65.1 Å². The number of hydrogen-bond acceptors (Lipinski definition) is 5. The number of nitrogens with zero attached hydrogens (tertiary/aromatic N) is 3. The summed E-state index contributed by atoms with van der Waals surface area (Å²) >= 11 is 0. The van der Waals surface area contributed by atoms with Crippen molar-refractivity contribution in [2.24, 2.45) is 5.92 Å². The van der Waals surface area contributed by atoms with Gasteiger partial charge in [-0.2, -0.15) is 0 Å². The highest BCUT2D eigenvalue weighted by molar-refractivity contribution is 5.94. The molecule has 0 spiro atoms. The number of nitrogens with one attached hydrogen (secondary N) is 1. The van der Waals surface area contributed by atoms with Crippen LogP contribution in [0.15, 0.2) is 48.5 Å². The minimum absolute atomic E-state index is 0.0579. The van der Waals surface area contributed by atoms with Crippen molar-refractivity contribution in [2.75, 3.05) is 41.3 Å². The van der Waals surface area contributed by atoms with Crippen molar-refractivity contribution in [1.82, 2.24) is 4.90 Å². The van der Waals surface area contributed by atoms with Gasteiger partial charge in [-0.15, -0.1) is 0 Å². The van der Waals surface area contributed by atoms with E-state index in [0.29, 0.717) is 13.1 Å². The van der Waals surface area contributed by atoms with Crippen LogP contribution in [0.5, 0.6) is 0 Å². The van der Waals surface area contributed by atoms with Crippen LogP contribution in [0, 0.1) is 5.92 Å². The first-order valence-electron chi connectivity index (χ1n) is 12.5. The minimum atomic E-state index is -0.496. The SMILES string of the molecule is CC(=O)N1c2ccc(N3CCN(C(=O)OC(C)(C)C)CC3)cc2C(Nc2ccccc2)C(C)C1C. The molecule has 3 unspecified atom stereocenters. The average molecular weight is 479 g/mol. The van der Waals surface area contributed by atoms with E-state index in [1.807, 2.05) is 43.9 Å². The van der Waals surface area contributed by atoms with Crippen molar-refractivity contribution in [3.63, 3.8) is 0 Å². The molecule has 2 amide bonds. The van der Waals surface area contributed by atoms with Gasteiger partial charge in [-0.1, -0.05) is 25.1 Å². The lowest BCUT2D eigenvalue weighted by molar-refractivity contribution is -0.117. The van der Waals surface area contributed by atoms with Crippen molar-refractivity contribution in [3.05, 3.63) is 54.1 Å². The molecule has 0 aromatic heterocycles. The molecule has 0 saturated carbocycles. The zero-order valence-corrected chi connectivity index (χ0v) is 21.7. The normalized spacial score (nSPS) is 22.5. The zero-order chi connectivity index (χ0) is 25.3. The summed E-state index contributed by atoms with van der Waals surface area (Å²) in [5, 5.41) is 3.72. The molecule has 188 valence electrons. The largest absolute Gasteiger partial charge is 0.444 e. The molecule has 0 aliphatic carbocycles. The van der Waals surface area contributed by atoms with Crippen LogP contribution in [0.1, 0.15) is 53.1 Å². The van der Waals surface area contributed by atoms with Crippen LogP contribution < -0.4 is 15.1 Å². The van der Waals surface area contributed by atoms with Crippen LogP contribution in [0.25, 0.3) is 0 Å². The van der Waals surface area contributed by atoms with E-state index in [1.165, 1.54) is 0 Å². The smallest absolute Gasteiger partial charge is 0.410 e. The number of fused-ring (bicyclic) bond motifs is 1. The van der Waals surface area contributed by atoms with Crippen molar-refractivity contribution < 1.29 is 14.3 Å². The molecule has 35 heavy (non-hydrogen) atoms. The quantitative estimate of drug-likeness (QED) is 0.650. The summed E-state index contributed by atoms with van der Waals surface area (Å²) in [5.41, 5.74) is 3.77. The van der Waals surface area contributed by atoms with Gasteiger partial charge >= 0.3 is 6.09 Å². The van der Waals surface area contributed by atoms with Gasteiger partial charge in [0.15, 0.2) is 0 Å². The third-order valence-electron chi connectivity index (χ3n) is 7.03. The molecule has 1 N–H and O–H groups in total. The van der Waals surface area contributed by atoms with Crippen molar-refractivity contribution in [2.45, 2.75) is 59.2 Å². The molecule has 2 aromatic carbocycles. The number of para-hydroxylation sites is 1. The zero-order valence-electron chi connectivity index (χ0n) is 21.7. The van der Waals surface area contributed by atoms with E-state index in [0.717, 1.165) is 35.7 Å². The molecule has 2 aromatic rings. The van der Waals surface area contributed by atoms with Crippen molar-refractivity contribution in [1.29, 1.82) is 0 Å². The lowest BCUT2D eigenvalue weighted by Gasteiger charge is -2.45. The molecule has 7 heteroatoms. The van der Waals surface area contributed by atoms with Gasteiger partial charge in [-0.05, 0) is 58.0 Å². The van der Waals surface area contributed by atoms with E-state index in [9.17, 15) is 9.59 Å². The number of piperazine rings is 1. The Morgan fingerprint density at radius 1 is 0.971 bits per heavy atom. The molecule has 0 bridgehead atoms. The van der Waals surface area contributed by atoms with Gasteiger partial charge in [0.2, 0.25) is 5.91 Å². The van der Waals surface area contributed by atoms with Crippen LogP contribution in [0.3, 0.4) is 0 Å². The maximum Gasteiger partial charge on any atom is 0.410 e. The summed E-state index contributed by atoms with van der Waals surface area (Å²) in [6.07, 6.45) is -0.255. The fraction of sp³-hybridized carbons (Fsp3) is 0.500. The van der Waals surface area contributed by atoms with E-state index in [1.54, 1.807) is 11.8 Å². The van der Waals surface area contributed by atoms with E-state index in [4.69, 9.17) is 4.74 Å². The van der Waals surface area contributed by atoms with Gasteiger partial charge in [0.1, 0.15) is 5.60 Å². The van der Waals surface area contributed by atoms with Crippen LogP contribution in [-0.4, -0.2) is 54.7 Å². The Morgan fingerprint density at radius 3 is 2.23 bits per heavy atom. The van der Waals surface area contributed by atoms with E-state index >= 15 is 0 Å². The summed E-state index contributed by atoms with van der Waals surface area (Å²) in [6.45, 7) is 14.3. The molecule has 4 rings (SSSR count). The second kappa shape index (κ2) is 9.80. The van der Waals surface area contributed by atoms with Gasteiger partial charge in [0.05, 0.1) is 6.04 Å². The molecule has 2 heterocycles. The Balaban J connectivity index is 1.59. The summed E-state index contributed by atoms with van der Waals surface area (Å²) in [6, 6.07) is 16.8. The summed E-state index contributed by atoms with van der Waals surface area (Å²) < 4.78 is 5.54. The Morgan fingerprint density at radius 2 is 1.63 bits per heavy atom. The van der Waals surface area contributed by atoms with Gasteiger partial charge in [0.25, 0.3) is 0 Å². The van der Waals surface area contributed by atoms with Crippen molar-refractivity contribution in [3.8, 4) is 0 Å². The van der Waals surface area contributed by atoms with Crippen molar-refractivity contribution >= 4 is 29.1 Å². The average Bonchev–Trinajstić information content (AvgIpc) is 2.81. The van der Waals surface area contributed by atoms with E-state index in [-0.39, 0.29) is 30.0 Å². The fourth-order valence-corrected chi connectivity index (χ4v) is 5.08. The Labute approximate surface area is 209 Å². The maximum absolute atomic E-state index is 12.6. The first-order chi connectivity index (χ1) is 16.5. The fourth-order valence-electron chi connectivity index (χ4n) is 5.08. The molecule has 2 aliphatic rings. The molecule has 0 radical (unpaired) electrons. The Kier molecular flexibility index (Phi) is 6.97. The molecule has 2 aliphatic heterocycles. The monoisotopic (exact) mass is 478 g/mol. The number of ether oxygens (including phenoxy) is 1. The molecule has 3 atom stereocenters. The number of carbonyl (C=O) groups is 2. The number of amides is 2. The third-order valence-corrected chi connectivity index (χ3v) is 7.03. The number of rotatable bonds is 3.